The number of thioether (sulfide) groups is 1. The number of hydrogen-bond donors (Lipinski definition) is 3. The highest BCUT2D eigenvalue weighted by Crippen LogP contribution is 2.33. The second kappa shape index (κ2) is 7.75. The molecule has 4 rings (SSSR count). The fourth-order valence-corrected chi connectivity index (χ4v) is 4.01. The molecule has 1 aromatic heterocycles. The first kappa shape index (κ1) is 18.7. The lowest BCUT2D eigenvalue weighted by molar-refractivity contribution is 0.0946. The Bertz CT molecular complexity index is 961. The molecule has 2 aliphatic rings. The lowest BCUT2D eigenvalue weighted by Gasteiger charge is -2.19. The van der Waals surface area contributed by atoms with Crippen LogP contribution in [-0.4, -0.2) is 33.3 Å². The van der Waals surface area contributed by atoms with Crippen LogP contribution in [0.1, 0.15) is 40.4 Å². The summed E-state index contributed by atoms with van der Waals surface area (Å²) in [5.41, 5.74) is 2.80. The molecule has 0 unspecified atom stereocenters. The van der Waals surface area contributed by atoms with E-state index < -0.39 is 11.6 Å². The molecule has 9 heteroatoms. The van der Waals surface area contributed by atoms with Crippen molar-refractivity contribution in [3.63, 3.8) is 0 Å². The number of fused-ring (bicyclic) bond motifs is 2. The fraction of sp³-hybridized carbons (Fsp3) is 0.316. The zero-order chi connectivity index (χ0) is 19.7. The minimum absolute atomic E-state index is 0.0675. The Hall–Kier alpha value is -2.68. The van der Waals surface area contributed by atoms with Gasteiger partial charge in [-0.25, -0.2) is 18.8 Å². The number of halogens is 2. The van der Waals surface area contributed by atoms with Crippen LogP contribution in [0.4, 0.5) is 14.5 Å². The van der Waals surface area contributed by atoms with Crippen molar-refractivity contribution in [3.8, 4) is 0 Å². The van der Waals surface area contributed by atoms with E-state index in [9.17, 15) is 13.6 Å². The number of amidine groups is 1. The van der Waals surface area contributed by atoms with Gasteiger partial charge in [0.25, 0.3) is 5.91 Å². The van der Waals surface area contributed by atoms with Crippen molar-refractivity contribution in [1.29, 1.82) is 0 Å². The van der Waals surface area contributed by atoms with Gasteiger partial charge in [-0.2, -0.15) is 0 Å². The number of imidazole rings is 1. The van der Waals surface area contributed by atoms with Crippen LogP contribution in [0.2, 0.25) is 0 Å². The van der Waals surface area contributed by atoms with Gasteiger partial charge in [0.05, 0.1) is 5.69 Å². The van der Waals surface area contributed by atoms with Crippen molar-refractivity contribution in [2.75, 3.05) is 12.3 Å². The minimum atomic E-state index is -0.731. The zero-order valence-corrected chi connectivity index (χ0v) is 15.9. The Kier molecular flexibility index (Phi) is 5.17. The Morgan fingerprint density at radius 3 is 2.93 bits per heavy atom. The van der Waals surface area contributed by atoms with Gasteiger partial charge in [-0.15, -0.1) is 0 Å². The molecule has 2 aromatic rings. The number of nitrogens with one attached hydrogen (secondary N) is 3. The van der Waals surface area contributed by atoms with E-state index in [1.807, 2.05) is 0 Å². The average Bonchev–Trinajstić information content (AvgIpc) is 3.10. The number of aryl methyl sites for hydroxylation is 2. The minimum Gasteiger partial charge on any atom is -0.349 e. The maximum atomic E-state index is 14.0. The molecule has 2 heterocycles. The molecule has 1 amide bonds. The first-order valence-corrected chi connectivity index (χ1v) is 10.0. The number of aliphatic imine (C=N–C) groups is 1. The molecule has 146 valence electrons. The fourth-order valence-electron chi connectivity index (χ4n) is 3.26. The van der Waals surface area contributed by atoms with Gasteiger partial charge in [-0.3, -0.25) is 4.79 Å². The van der Waals surface area contributed by atoms with Crippen molar-refractivity contribution in [2.45, 2.75) is 25.7 Å². The summed E-state index contributed by atoms with van der Waals surface area (Å²) in [5.74, 6) is -0.788. The number of H-pyrrole nitrogens is 1. The Morgan fingerprint density at radius 2 is 2.11 bits per heavy atom. The van der Waals surface area contributed by atoms with Crippen LogP contribution in [-0.2, 0) is 12.8 Å². The second-order valence-corrected chi connectivity index (χ2v) is 7.71. The monoisotopic (exact) mass is 403 g/mol. The summed E-state index contributed by atoms with van der Waals surface area (Å²) in [6.45, 7) is 4.18. The van der Waals surface area contributed by atoms with Gasteiger partial charge in [0, 0.05) is 35.3 Å². The topological polar surface area (TPSA) is 82.2 Å². The molecule has 1 aliphatic heterocycles. The number of amides is 1. The normalized spacial score (nSPS) is 15.4. The highest BCUT2D eigenvalue weighted by Gasteiger charge is 2.21. The molecular formula is C19H19F2N5OS. The average molecular weight is 403 g/mol. The molecule has 3 N–H and O–H groups in total. The van der Waals surface area contributed by atoms with E-state index in [4.69, 9.17) is 0 Å². The number of benzene rings is 1. The molecule has 0 spiro atoms. The molecule has 0 fully saturated rings. The second-order valence-electron chi connectivity index (χ2n) is 6.63. The van der Waals surface area contributed by atoms with Gasteiger partial charge in [-0.1, -0.05) is 18.3 Å². The van der Waals surface area contributed by atoms with E-state index in [2.05, 4.69) is 32.2 Å². The molecule has 0 atom stereocenters. The maximum Gasteiger partial charge on any atom is 0.287 e. The van der Waals surface area contributed by atoms with Gasteiger partial charge >= 0.3 is 0 Å². The summed E-state index contributed by atoms with van der Waals surface area (Å²) in [5, 5.41) is 6.20. The Balaban J connectivity index is 1.33. The third kappa shape index (κ3) is 3.80. The van der Waals surface area contributed by atoms with Gasteiger partial charge in [0.1, 0.15) is 11.5 Å². The van der Waals surface area contributed by atoms with E-state index in [1.165, 1.54) is 17.8 Å². The van der Waals surface area contributed by atoms with Crippen LogP contribution in [0.15, 0.2) is 23.7 Å². The molecule has 0 saturated heterocycles. The first-order chi connectivity index (χ1) is 13.5. The summed E-state index contributed by atoms with van der Waals surface area (Å²) in [4.78, 5) is 23.9. The largest absolute Gasteiger partial charge is 0.349 e. The molecule has 0 radical (unpaired) electrons. The van der Waals surface area contributed by atoms with Crippen LogP contribution in [0.3, 0.4) is 0 Å². The van der Waals surface area contributed by atoms with E-state index >= 15 is 0 Å². The van der Waals surface area contributed by atoms with Crippen molar-refractivity contribution >= 4 is 34.2 Å². The van der Waals surface area contributed by atoms with Gasteiger partial charge in [0.15, 0.2) is 16.8 Å². The quantitative estimate of drug-likeness (QED) is 0.685. The number of carbonyl (C=O) groups excluding carboxylic acids is 1. The molecular weight excluding hydrogens is 384 g/mol. The van der Waals surface area contributed by atoms with Crippen LogP contribution in [0.25, 0.3) is 5.70 Å². The summed E-state index contributed by atoms with van der Waals surface area (Å²) in [6, 6.07) is 1.99. The number of carbonyl (C=O) groups is 1. The number of aromatic nitrogens is 2. The van der Waals surface area contributed by atoms with Crippen molar-refractivity contribution in [2.24, 2.45) is 4.99 Å². The smallest absolute Gasteiger partial charge is 0.287 e. The van der Waals surface area contributed by atoms with Crippen LogP contribution in [0, 0.1) is 11.6 Å². The lowest BCUT2D eigenvalue weighted by atomic mass is 10.0. The van der Waals surface area contributed by atoms with Crippen LogP contribution >= 0.6 is 11.8 Å². The maximum absolute atomic E-state index is 14.0. The summed E-state index contributed by atoms with van der Waals surface area (Å²) in [7, 11) is 0. The van der Waals surface area contributed by atoms with Crippen LogP contribution < -0.4 is 10.6 Å². The Labute approximate surface area is 164 Å². The highest BCUT2D eigenvalue weighted by atomic mass is 32.2. The Morgan fingerprint density at radius 1 is 1.29 bits per heavy atom. The van der Waals surface area contributed by atoms with Gasteiger partial charge in [-0.05, 0) is 31.7 Å². The van der Waals surface area contributed by atoms with Crippen molar-refractivity contribution in [1.82, 2.24) is 20.6 Å². The number of rotatable bonds is 4. The predicted octanol–water partition coefficient (Wildman–Crippen LogP) is 3.29. The summed E-state index contributed by atoms with van der Waals surface area (Å²) >= 11 is 1.31. The molecule has 0 saturated carbocycles. The lowest BCUT2D eigenvalue weighted by Crippen LogP contribution is -2.28. The number of aromatic amines is 1. The van der Waals surface area contributed by atoms with E-state index in [0.717, 1.165) is 43.1 Å². The third-order valence-electron chi connectivity index (χ3n) is 4.62. The standard InChI is InChI=1S/C19H19F2N5OS/c1-10-12-8-11(20)9-13(21)16(12)26-19(23-10)28-7-6-22-18(27)17-24-14-4-2-3-5-15(14)25-17/h8-9H,1-7H2,(H,22,27)(H,23,26)(H,24,25). The van der Waals surface area contributed by atoms with Gasteiger partial charge in [0.2, 0.25) is 0 Å². The highest BCUT2D eigenvalue weighted by molar-refractivity contribution is 8.13. The number of nitrogens with zero attached hydrogens (tertiary/aromatic N) is 2. The molecule has 1 aromatic carbocycles. The predicted molar refractivity (Wildman–Crippen MR) is 106 cm³/mol. The SMILES string of the molecule is C=C1NC(SCCNC(=O)c2nc3c([nH]2)CCCC3)=Nc2c(F)cc(F)cc21. The van der Waals surface area contributed by atoms with E-state index in [-0.39, 0.29) is 11.6 Å². The molecule has 1 aliphatic carbocycles. The van der Waals surface area contributed by atoms with Crippen molar-refractivity contribution in [3.05, 3.63) is 53.1 Å². The number of hydrogen-bond acceptors (Lipinski definition) is 5. The first-order valence-electron chi connectivity index (χ1n) is 9.04. The molecule has 28 heavy (non-hydrogen) atoms. The molecule has 6 nitrogen and oxygen atoms in total. The van der Waals surface area contributed by atoms with Crippen molar-refractivity contribution < 1.29 is 13.6 Å². The van der Waals surface area contributed by atoms with Gasteiger partial charge < -0.3 is 15.6 Å². The third-order valence-corrected chi connectivity index (χ3v) is 5.50. The van der Waals surface area contributed by atoms with Crippen LogP contribution in [0.5, 0.6) is 0 Å². The van der Waals surface area contributed by atoms with E-state index in [0.29, 0.717) is 34.6 Å². The summed E-state index contributed by atoms with van der Waals surface area (Å²) < 4.78 is 27.3. The summed E-state index contributed by atoms with van der Waals surface area (Å²) in [6.07, 6.45) is 4.06. The molecule has 0 bridgehead atoms. The van der Waals surface area contributed by atoms with E-state index in [1.54, 1.807) is 0 Å². The zero-order valence-electron chi connectivity index (χ0n) is 15.1.